The van der Waals surface area contributed by atoms with E-state index < -0.39 is 6.04 Å². The smallest absolute Gasteiger partial charge is 0.237 e. The summed E-state index contributed by atoms with van der Waals surface area (Å²) < 4.78 is 5.03. The quantitative estimate of drug-likeness (QED) is 0.684. The molecule has 0 aliphatic rings. The van der Waals surface area contributed by atoms with E-state index in [2.05, 4.69) is 5.32 Å². The highest BCUT2D eigenvalue weighted by Crippen LogP contribution is 2.10. The zero-order chi connectivity index (χ0) is 13.5. The van der Waals surface area contributed by atoms with Gasteiger partial charge in [-0.2, -0.15) is 0 Å². The molecule has 0 heterocycles. The Balaban J connectivity index is 2.42. The Labute approximate surface area is 107 Å². The van der Waals surface area contributed by atoms with Gasteiger partial charge in [-0.3, -0.25) is 4.79 Å². The van der Waals surface area contributed by atoms with Crippen LogP contribution in [0.4, 0.5) is 0 Å². The van der Waals surface area contributed by atoms with Gasteiger partial charge in [0, 0.05) is 13.7 Å². The van der Waals surface area contributed by atoms with Crippen LogP contribution in [0.5, 0.6) is 5.75 Å². The lowest BCUT2D eigenvalue weighted by molar-refractivity contribution is -0.122. The number of nitrogens with two attached hydrogens (primary N) is 1. The van der Waals surface area contributed by atoms with Crippen LogP contribution in [0.25, 0.3) is 0 Å². The summed E-state index contributed by atoms with van der Waals surface area (Å²) in [5, 5.41) is 11.9. The summed E-state index contributed by atoms with van der Waals surface area (Å²) in [4.78, 5) is 11.7. The minimum Gasteiger partial charge on any atom is -0.508 e. The van der Waals surface area contributed by atoms with E-state index in [0.29, 0.717) is 13.0 Å². The van der Waals surface area contributed by atoms with Gasteiger partial charge in [0.15, 0.2) is 0 Å². The number of ether oxygens (including phenoxy) is 1. The molecule has 0 saturated heterocycles. The normalized spacial score (nSPS) is 13.9. The molecule has 5 nitrogen and oxygen atoms in total. The van der Waals surface area contributed by atoms with E-state index in [4.69, 9.17) is 15.6 Å². The van der Waals surface area contributed by atoms with Crippen molar-refractivity contribution in [3.05, 3.63) is 29.8 Å². The predicted octanol–water partition coefficient (Wildman–Crippen LogP) is 0.413. The van der Waals surface area contributed by atoms with Crippen LogP contribution in [-0.4, -0.2) is 36.8 Å². The molecule has 5 heteroatoms. The molecule has 0 aliphatic carbocycles. The maximum Gasteiger partial charge on any atom is 0.237 e. The molecule has 1 amide bonds. The number of aromatic hydroxyl groups is 1. The number of hydrogen-bond acceptors (Lipinski definition) is 4. The van der Waals surface area contributed by atoms with E-state index in [1.165, 1.54) is 0 Å². The Hall–Kier alpha value is -1.59. The number of phenols is 1. The molecule has 1 unspecified atom stereocenters. The standard InChI is InChI=1S/C13H20N2O3/c1-9(18-2)8-15-13(17)12(14)7-10-3-5-11(16)6-4-10/h3-6,9,12,16H,7-8,14H2,1-2H3,(H,15,17)/t9?,12-/m1/s1. The Kier molecular flexibility index (Phi) is 5.61. The van der Waals surface area contributed by atoms with Gasteiger partial charge >= 0.3 is 0 Å². The van der Waals surface area contributed by atoms with Gasteiger partial charge < -0.3 is 20.9 Å². The molecule has 0 spiro atoms. The zero-order valence-electron chi connectivity index (χ0n) is 10.7. The van der Waals surface area contributed by atoms with Gasteiger partial charge in [-0.15, -0.1) is 0 Å². The Morgan fingerprint density at radius 1 is 1.44 bits per heavy atom. The van der Waals surface area contributed by atoms with Gasteiger partial charge in [-0.1, -0.05) is 12.1 Å². The molecule has 18 heavy (non-hydrogen) atoms. The first-order valence-electron chi connectivity index (χ1n) is 5.87. The maximum atomic E-state index is 11.7. The minimum absolute atomic E-state index is 0.0326. The number of phenolic OH excluding ortho intramolecular Hbond substituents is 1. The third kappa shape index (κ3) is 4.73. The molecular formula is C13H20N2O3. The lowest BCUT2D eigenvalue weighted by atomic mass is 10.1. The second-order valence-corrected chi connectivity index (χ2v) is 4.27. The molecule has 0 radical (unpaired) electrons. The summed E-state index contributed by atoms with van der Waals surface area (Å²) in [6.07, 6.45) is 0.405. The fourth-order valence-corrected chi connectivity index (χ4v) is 1.44. The van der Waals surface area contributed by atoms with Crippen LogP contribution in [0.15, 0.2) is 24.3 Å². The third-order valence-electron chi connectivity index (χ3n) is 2.69. The molecule has 1 aromatic rings. The van der Waals surface area contributed by atoms with Gasteiger partial charge in [0.05, 0.1) is 12.1 Å². The van der Waals surface area contributed by atoms with Crippen molar-refractivity contribution in [2.75, 3.05) is 13.7 Å². The highest BCUT2D eigenvalue weighted by molar-refractivity contribution is 5.81. The number of hydrogen-bond donors (Lipinski definition) is 3. The first-order chi connectivity index (χ1) is 8.52. The number of rotatable bonds is 6. The molecule has 4 N–H and O–H groups in total. The van der Waals surface area contributed by atoms with E-state index in [9.17, 15) is 4.79 Å². The number of methoxy groups -OCH3 is 1. The number of benzene rings is 1. The first-order valence-corrected chi connectivity index (χ1v) is 5.87. The molecule has 100 valence electrons. The second-order valence-electron chi connectivity index (χ2n) is 4.27. The molecule has 0 saturated carbocycles. The topological polar surface area (TPSA) is 84.6 Å². The van der Waals surface area contributed by atoms with Crippen LogP contribution in [-0.2, 0) is 16.0 Å². The zero-order valence-corrected chi connectivity index (χ0v) is 10.7. The van der Waals surface area contributed by atoms with Gasteiger partial charge in [0.25, 0.3) is 0 Å². The lowest BCUT2D eigenvalue weighted by Gasteiger charge is -2.15. The molecule has 0 fully saturated rings. The van der Waals surface area contributed by atoms with E-state index in [0.717, 1.165) is 5.56 Å². The molecular weight excluding hydrogens is 232 g/mol. The molecule has 0 aliphatic heterocycles. The van der Waals surface area contributed by atoms with Gasteiger partial charge in [0.1, 0.15) is 5.75 Å². The monoisotopic (exact) mass is 252 g/mol. The van der Waals surface area contributed by atoms with Crippen molar-refractivity contribution in [2.45, 2.75) is 25.5 Å². The van der Waals surface area contributed by atoms with Crippen LogP contribution < -0.4 is 11.1 Å². The van der Waals surface area contributed by atoms with Crippen LogP contribution in [0.1, 0.15) is 12.5 Å². The number of carbonyl (C=O) groups is 1. The van der Waals surface area contributed by atoms with E-state index in [-0.39, 0.29) is 17.8 Å². The van der Waals surface area contributed by atoms with Gasteiger partial charge in [-0.05, 0) is 31.0 Å². The highest BCUT2D eigenvalue weighted by atomic mass is 16.5. The third-order valence-corrected chi connectivity index (χ3v) is 2.69. The van der Waals surface area contributed by atoms with Crippen LogP contribution in [0.3, 0.4) is 0 Å². The fourth-order valence-electron chi connectivity index (χ4n) is 1.44. The molecule has 2 atom stereocenters. The van der Waals surface area contributed by atoms with E-state index in [1.54, 1.807) is 31.4 Å². The van der Waals surface area contributed by atoms with Gasteiger partial charge in [-0.25, -0.2) is 0 Å². The molecule has 0 aromatic heterocycles. The number of nitrogens with one attached hydrogen (secondary N) is 1. The van der Waals surface area contributed by atoms with Crippen molar-refractivity contribution < 1.29 is 14.6 Å². The summed E-state index contributed by atoms with van der Waals surface area (Å²) in [5.41, 5.74) is 6.71. The summed E-state index contributed by atoms with van der Waals surface area (Å²) in [6, 6.07) is 6.05. The first kappa shape index (κ1) is 14.5. The van der Waals surface area contributed by atoms with Crippen molar-refractivity contribution in [2.24, 2.45) is 5.73 Å². The Morgan fingerprint density at radius 3 is 2.61 bits per heavy atom. The highest BCUT2D eigenvalue weighted by Gasteiger charge is 2.14. The van der Waals surface area contributed by atoms with Crippen LogP contribution >= 0.6 is 0 Å². The SMILES string of the molecule is COC(C)CNC(=O)[C@H](N)Cc1ccc(O)cc1. The summed E-state index contributed by atoms with van der Waals surface area (Å²) in [6.45, 7) is 2.31. The van der Waals surface area contributed by atoms with Crippen molar-refractivity contribution in [1.29, 1.82) is 0 Å². The van der Waals surface area contributed by atoms with E-state index in [1.807, 2.05) is 6.92 Å². The fraction of sp³-hybridized carbons (Fsp3) is 0.462. The summed E-state index contributed by atoms with van der Waals surface area (Å²) >= 11 is 0. The summed E-state index contributed by atoms with van der Waals surface area (Å²) in [7, 11) is 1.59. The van der Waals surface area contributed by atoms with Gasteiger partial charge in [0.2, 0.25) is 5.91 Å². The largest absolute Gasteiger partial charge is 0.508 e. The molecule has 1 aromatic carbocycles. The molecule has 1 rings (SSSR count). The summed E-state index contributed by atoms with van der Waals surface area (Å²) in [5.74, 6) is -0.00216. The lowest BCUT2D eigenvalue weighted by Crippen LogP contribution is -2.44. The van der Waals surface area contributed by atoms with Crippen molar-refractivity contribution in [3.63, 3.8) is 0 Å². The van der Waals surface area contributed by atoms with Crippen molar-refractivity contribution in [3.8, 4) is 5.75 Å². The maximum absolute atomic E-state index is 11.7. The average molecular weight is 252 g/mol. The van der Waals surface area contributed by atoms with Crippen molar-refractivity contribution >= 4 is 5.91 Å². The Bertz CT molecular complexity index is 378. The predicted molar refractivity (Wildman–Crippen MR) is 69.3 cm³/mol. The second kappa shape index (κ2) is 6.98. The average Bonchev–Trinajstić information content (AvgIpc) is 2.38. The van der Waals surface area contributed by atoms with Crippen LogP contribution in [0, 0.1) is 0 Å². The number of carbonyl (C=O) groups excluding carboxylic acids is 1. The minimum atomic E-state index is -0.599. The van der Waals surface area contributed by atoms with E-state index >= 15 is 0 Å². The number of amides is 1. The Morgan fingerprint density at radius 2 is 2.06 bits per heavy atom. The van der Waals surface area contributed by atoms with Crippen LogP contribution in [0.2, 0.25) is 0 Å². The molecule has 0 bridgehead atoms. The van der Waals surface area contributed by atoms with Crippen molar-refractivity contribution in [1.82, 2.24) is 5.32 Å².